The standard InChI is InChI=1S/C29H31N9O5S2/c1-19-10-16-44-25(19)26(40)38-27(30)33-28(34-38)31-21-5-7-23(8-6-21)45(42,43)36-14-12-35(13-15-36)18-20-3-2-4-22(17-20)37-11-9-24(39)32-29(37)41/h2-8,10,16-17H,9,11-15,18H2,1H3,(H,32,39,41)(H3,30,31,33,34). The van der Waals surface area contributed by atoms with Gasteiger partial charge in [0.25, 0.3) is 5.91 Å². The second kappa shape index (κ2) is 12.4. The number of nitrogens with two attached hydrogens (primary N) is 1. The maximum Gasteiger partial charge on any atom is 0.328 e. The number of nitrogens with one attached hydrogen (secondary N) is 2. The van der Waals surface area contributed by atoms with Crippen LogP contribution in [0.3, 0.4) is 0 Å². The van der Waals surface area contributed by atoms with Gasteiger partial charge < -0.3 is 11.1 Å². The van der Waals surface area contributed by atoms with Crippen LogP contribution < -0.4 is 21.3 Å². The van der Waals surface area contributed by atoms with Crippen LogP contribution in [0.4, 0.5) is 28.1 Å². The summed E-state index contributed by atoms with van der Waals surface area (Å²) >= 11 is 1.30. The van der Waals surface area contributed by atoms with Gasteiger partial charge in [-0.2, -0.15) is 14.0 Å². The minimum atomic E-state index is -3.72. The van der Waals surface area contributed by atoms with Crippen LogP contribution in [0.5, 0.6) is 0 Å². The first kappa shape index (κ1) is 30.4. The summed E-state index contributed by atoms with van der Waals surface area (Å²) in [5.74, 6) is -0.603. The first-order chi connectivity index (χ1) is 21.6. The molecule has 14 nitrogen and oxygen atoms in total. The van der Waals surface area contributed by atoms with Gasteiger partial charge >= 0.3 is 6.03 Å². The summed E-state index contributed by atoms with van der Waals surface area (Å²) in [6.07, 6.45) is 0.252. The summed E-state index contributed by atoms with van der Waals surface area (Å²) < 4.78 is 29.3. The van der Waals surface area contributed by atoms with E-state index in [4.69, 9.17) is 5.73 Å². The van der Waals surface area contributed by atoms with Crippen LogP contribution in [0.15, 0.2) is 64.9 Å². The van der Waals surface area contributed by atoms with Crippen molar-refractivity contribution in [2.45, 2.75) is 24.8 Å². The second-order valence-corrected chi connectivity index (χ2v) is 13.6. The molecule has 234 valence electrons. The van der Waals surface area contributed by atoms with E-state index in [1.54, 1.807) is 17.0 Å². The zero-order valence-electron chi connectivity index (χ0n) is 24.3. The second-order valence-electron chi connectivity index (χ2n) is 10.7. The maximum atomic E-state index is 13.4. The third kappa shape index (κ3) is 6.44. The van der Waals surface area contributed by atoms with Crippen molar-refractivity contribution in [2.24, 2.45) is 0 Å². The number of imide groups is 1. The molecule has 0 saturated carbocycles. The van der Waals surface area contributed by atoms with E-state index >= 15 is 0 Å². The molecule has 2 aliphatic heterocycles. The number of urea groups is 1. The topological polar surface area (TPSA) is 176 Å². The lowest BCUT2D eigenvalue weighted by molar-refractivity contribution is -0.120. The minimum Gasteiger partial charge on any atom is -0.368 e. The Labute approximate surface area is 263 Å². The predicted octanol–water partition coefficient (Wildman–Crippen LogP) is 2.62. The first-order valence-electron chi connectivity index (χ1n) is 14.2. The summed E-state index contributed by atoms with van der Waals surface area (Å²) in [6.45, 7) is 4.51. The van der Waals surface area contributed by atoms with Crippen LogP contribution in [-0.4, -0.2) is 83.0 Å². The SMILES string of the molecule is Cc1ccsc1C(=O)n1nc(Nc2ccc(S(=O)(=O)N3CCN(Cc4cccc(N5CCC(=O)NC5=O)c4)CC3)cc2)nc1N. The fourth-order valence-corrected chi connectivity index (χ4v) is 7.49. The van der Waals surface area contributed by atoms with E-state index < -0.39 is 16.1 Å². The Hall–Kier alpha value is -4.64. The lowest BCUT2D eigenvalue weighted by Crippen LogP contribution is -2.49. The molecule has 3 amide bonds. The Kier molecular flexibility index (Phi) is 8.37. The molecule has 0 unspecified atom stereocenters. The average molecular weight is 650 g/mol. The average Bonchev–Trinajstić information content (AvgIpc) is 3.62. The van der Waals surface area contributed by atoms with Gasteiger partial charge in [-0.15, -0.1) is 16.4 Å². The number of sulfonamides is 1. The van der Waals surface area contributed by atoms with E-state index in [9.17, 15) is 22.8 Å². The lowest BCUT2D eigenvalue weighted by atomic mass is 10.1. The summed E-state index contributed by atoms with van der Waals surface area (Å²) in [4.78, 5) is 45.0. The van der Waals surface area contributed by atoms with E-state index in [0.29, 0.717) is 55.5 Å². The Morgan fingerprint density at radius 1 is 1.04 bits per heavy atom. The van der Waals surface area contributed by atoms with Gasteiger partial charge in [-0.3, -0.25) is 24.7 Å². The highest BCUT2D eigenvalue weighted by Crippen LogP contribution is 2.24. The molecule has 6 rings (SSSR count). The molecule has 2 aliphatic rings. The quantitative estimate of drug-likeness (QED) is 0.257. The zero-order valence-corrected chi connectivity index (χ0v) is 26.0. The number of nitrogen functional groups attached to an aromatic ring is 1. The number of nitrogens with zero attached hydrogens (tertiary/aromatic N) is 6. The number of aromatic nitrogens is 3. The van der Waals surface area contributed by atoms with Crippen molar-refractivity contribution in [3.8, 4) is 0 Å². The summed E-state index contributed by atoms with van der Waals surface area (Å²) in [6, 6.07) is 15.2. The van der Waals surface area contributed by atoms with Crippen LogP contribution in [0.1, 0.15) is 27.2 Å². The normalized spacial score (nSPS) is 16.5. The van der Waals surface area contributed by atoms with E-state index in [2.05, 4.69) is 25.6 Å². The Bertz CT molecular complexity index is 1860. The molecule has 16 heteroatoms. The largest absolute Gasteiger partial charge is 0.368 e. The number of carbonyl (C=O) groups excluding carboxylic acids is 3. The number of rotatable bonds is 8. The van der Waals surface area contributed by atoms with Crippen molar-refractivity contribution in [2.75, 3.05) is 48.7 Å². The molecule has 2 aromatic heterocycles. The van der Waals surface area contributed by atoms with Gasteiger partial charge in [-0.1, -0.05) is 12.1 Å². The monoisotopic (exact) mass is 649 g/mol. The van der Waals surface area contributed by atoms with Crippen LogP contribution >= 0.6 is 11.3 Å². The van der Waals surface area contributed by atoms with Crippen molar-refractivity contribution >= 4 is 62.5 Å². The van der Waals surface area contributed by atoms with Gasteiger partial charge in [0.15, 0.2) is 0 Å². The fraction of sp³-hybridized carbons (Fsp3) is 0.276. The number of anilines is 4. The van der Waals surface area contributed by atoms with Gasteiger partial charge in [-0.05, 0) is 65.9 Å². The Morgan fingerprint density at radius 2 is 1.80 bits per heavy atom. The van der Waals surface area contributed by atoms with E-state index in [1.165, 1.54) is 27.8 Å². The molecule has 2 aromatic carbocycles. The van der Waals surface area contributed by atoms with Gasteiger partial charge in [0.05, 0.1) is 9.77 Å². The molecule has 4 aromatic rings. The molecule has 2 fully saturated rings. The molecule has 4 heterocycles. The molecule has 0 aliphatic carbocycles. The summed E-state index contributed by atoms with van der Waals surface area (Å²) in [7, 11) is -3.72. The molecule has 0 radical (unpaired) electrons. The molecular formula is C29H31N9O5S2. The minimum absolute atomic E-state index is 0.0616. The Morgan fingerprint density at radius 3 is 2.49 bits per heavy atom. The third-order valence-corrected chi connectivity index (χ3v) is 10.6. The molecule has 0 bridgehead atoms. The number of hydrogen-bond acceptors (Lipinski definition) is 11. The summed E-state index contributed by atoms with van der Waals surface area (Å²) in [5.41, 5.74) is 8.99. The van der Waals surface area contributed by atoms with Crippen molar-refractivity contribution in [3.63, 3.8) is 0 Å². The van der Waals surface area contributed by atoms with Crippen molar-refractivity contribution in [3.05, 3.63) is 76.0 Å². The van der Waals surface area contributed by atoms with E-state index in [1.807, 2.05) is 42.6 Å². The number of amides is 3. The van der Waals surface area contributed by atoms with Crippen molar-refractivity contribution in [1.29, 1.82) is 0 Å². The third-order valence-electron chi connectivity index (χ3n) is 7.64. The highest BCUT2D eigenvalue weighted by Gasteiger charge is 2.29. The zero-order chi connectivity index (χ0) is 31.7. The highest BCUT2D eigenvalue weighted by molar-refractivity contribution is 7.89. The number of benzene rings is 2. The van der Waals surface area contributed by atoms with Gasteiger partial charge in [0.2, 0.25) is 27.8 Å². The van der Waals surface area contributed by atoms with Crippen LogP contribution in [0.2, 0.25) is 0 Å². The van der Waals surface area contributed by atoms with Crippen LogP contribution in [-0.2, 0) is 21.4 Å². The number of thiophene rings is 1. The highest BCUT2D eigenvalue weighted by atomic mass is 32.2. The van der Waals surface area contributed by atoms with Crippen LogP contribution in [0, 0.1) is 6.92 Å². The number of hydrogen-bond donors (Lipinski definition) is 3. The first-order valence-corrected chi connectivity index (χ1v) is 16.5. The fourth-order valence-electron chi connectivity index (χ4n) is 5.22. The molecule has 45 heavy (non-hydrogen) atoms. The number of aryl methyl sites for hydroxylation is 1. The molecule has 0 atom stereocenters. The predicted molar refractivity (Wildman–Crippen MR) is 169 cm³/mol. The maximum absolute atomic E-state index is 13.4. The lowest BCUT2D eigenvalue weighted by Gasteiger charge is -2.34. The molecule has 4 N–H and O–H groups in total. The molecular weight excluding hydrogens is 619 g/mol. The van der Waals surface area contributed by atoms with E-state index in [0.717, 1.165) is 15.8 Å². The van der Waals surface area contributed by atoms with Crippen molar-refractivity contribution < 1.29 is 22.8 Å². The van der Waals surface area contributed by atoms with Crippen LogP contribution in [0.25, 0.3) is 0 Å². The molecule has 0 spiro atoms. The molecule has 2 saturated heterocycles. The van der Waals surface area contributed by atoms with Gasteiger partial charge in [0, 0.05) is 57.1 Å². The van der Waals surface area contributed by atoms with E-state index in [-0.39, 0.29) is 35.0 Å². The number of carbonyl (C=O) groups is 3. The van der Waals surface area contributed by atoms with Gasteiger partial charge in [0.1, 0.15) is 0 Å². The number of piperazine rings is 1. The summed E-state index contributed by atoms with van der Waals surface area (Å²) in [5, 5.41) is 11.3. The Balaban J connectivity index is 1.05. The smallest absolute Gasteiger partial charge is 0.328 e. The van der Waals surface area contributed by atoms with Gasteiger partial charge in [-0.25, -0.2) is 13.2 Å². The van der Waals surface area contributed by atoms with Crippen molar-refractivity contribution in [1.82, 2.24) is 29.3 Å².